The van der Waals surface area contributed by atoms with Crippen LogP contribution in [-0.2, 0) is 9.59 Å². The molecule has 0 bridgehead atoms. The fourth-order valence-electron chi connectivity index (χ4n) is 2.97. The second-order valence-electron chi connectivity index (χ2n) is 6.67. The highest BCUT2D eigenvalue weighted by molar-refractivity contribution is 6.08. The minimum atomic E-state index is -0.541. The molecule has 2 aromatic carbocycles. The predicted octanol–water partition coefficient (Wildman–Crippen LogP) is 2.74. The number of benzene rings is 2. The van der Waals surface area contributed by atoms with E-state index in [9.17, 15) is 14.4 Å². The lowest BCUT2D eigenvalue weighted by Gasteiger charge is -2.14. The quantitative estimate of drug-likeness (QED) is 0.822. The molecule has 25 heavy (non-hydrogen) atoms. The SMILES string of the molecule is CC(C)CC1NC(=O)N(CC(=O)Nc2ccc3ccccc3c2)C1=O. The summed E-state index contributed by atoms with van der Waals surface area (Å²) in [7, 11) is 0. The first-order chi connectivity index (χ1) is 11.9. The van der Waals surface area contributed by atoms with Crippen molar-refractivity contribution in [2.24, 2.45) is 5.92 Å². The number of anilines is 1. The average molecular weight is 339 g/mol. The number of amides is 4. The number of fused-ring (bicyclic) bond motifs is 1. The van der Waals surface area contributed by atoms with Crippen LogP contribution < -0.4 is 10.6 Å². The van der Waals surface area contributed by atoms with Crippen molar-refractivity contribution in [2.45, 2.75) is 26.3 Å². The van der Waals surface area contributed by atoms with E-state index in [1.54, 1.807) is 6.07 Å². The molecule has 0 aliphatic carbocycles. The molecule has 2 aromatic rings. The molecule has 6 nitrogen and oxygen atoms in total. The Morgan fingerprint density at radius 1 is 1.16 bits per heavy atom. The molecule has 0 spiro atoms. The van der Waals surface area contributed by atoms with Crippen LogP contribution in [0.2, 0.25) is 0 Å². The third-order valence-electron chi connectivity index (χ3n) is 4.15. The van der Waals surface area contributed by atoms with Gasteiger partial charge in [0.1, 0.15) is 12.6 Å². The van der Waals surface area contributed by atoms with Gasteiger partial charge in [-0.25, -0.2) is 4.79 Å². The maximum atomic E-state index is 12.3. The van der Waals surface area contributed by atoms with Crippen molar-refractivity contribution in [3.63, 3.8) is 0 Å². The highest BCUT2D eigenvalue weighted by atomic mass is 16.2. The molecule has 0 radical (unpaired) electrons. The van der Waals surface area contributed by atoms with Gasteiger partial charge in [0.2, 0.25) is 5.91 Å². The molecule has 1 saturated heterocycles. The zero-order valence-electron chi connectivity index (χ0n) is 14.3. The van der Waals surface area contributed by atoms with Crippen LogP contribution in [0.3, 0.4) is 0 Å². The van der Waals surface area contributed by atoms with Gasteiger partial charge in [0.15, 0.2) is 0 Å². The molecule has 2 N–H and O–H groups in total. The standard InChI is InChI=1S/C19H21N3O3/c1-12(2)9-16-18(24)22(19(25)21-16)11-17(23)20-15-8-7-13-5-3-4-6-14(13)10-15/h3-8,10,12,16H,9,11H2,1-2H3,(H,20,23)(H,21,25). The lowest BCUT2D eigenvalue weighted by atomic mass is 10.0. The smallest absolute Gasteiger partial charge is 0.325 e. The first-order valence-corrected chi connectivity index (χ1v) is 8.34. The Balaban J connectivity index is 1.65. The van der Waals surface area contributed by atoms with Crippen molar-refractivity contribution < 1.29 is 14.4 Å². The van der Waals surface area contributed by atoms with E-state index in [0.29, 0.717) is 12.1 Å². The largest absolute Gasteiger partial charge is 0.326 e. The Hall–Kier alpha value is -2.89. The van der Waals surface area contributed by atoms with Gasteiger partial charge in [0, 0.05) is 5.69 Å². The van der Waals surface area contributed by atoms with E-state index in [4.69, 9.17) is 0 Å². The number of rotatable bonds is 5. The van der Waals surface area contributed by atoms with Crippen LogP contribution >= 0.6 is 0 Å². The van der Waals surface area contributed by atoms with Crippen LogP contribution in [-0.4, -0.2) is 35.3 Å². The Bertz CT molecular complexity index is 832. The number of carbonyl (C=O) groups excluding carboxylic acids is 3. The molecule has 1 unspecified atom stereocenters. The summed E-state index contributed by atoms with van der Waals surface area (Å²) in [5.41, 5.74) is 0.634. The average Bonchev–Trinajstić information content (AvgIpc) is 2.81. The number of hydrogen-bond acceptors (Lipinski definition) is 3. The summed E-state index contributed by atoms with van der Waals surface area (Å²) < 4.78 is 0. The van der Waals surface area contributed by atoms with E-state index in [2.05, 4.69) is 10.6 Å². The zero-order valence-corrected chi connectivity index (χ0v) is 14.3. The van der Waals surface area contributed by atoms with Gasteiger partial charge in [-0.2, -0.15) is 0 Å². The molecular formula is C19H21N3O3. The molecule has 1 atom stereocenters. The highest BCUT2D eigenvalue weighted by Gasteiger charge is 2.38. The first-order valence-electron chi connectivity index (χ1n) is 8.34. The van der Waals surface area contributed by atoms with Crippen LogP contribution in [0.15, 0.2) is 42.5 Å². The molecule has 4 amide bonds. The second-order valence-corrected chi connectivity index (χ2v) is 6.67. The van der Waals surface area contributed by atoms with Crippen molar-refractivity contribution in [3.05, 3.63) is 42.5 Å². The van der Waals surface area contributed by atoms with E-state index < -0.39 is 18.0 Å². The topological polar surface area (TPSA) is 78.5 Å². The van der Waals surface area contributed by atoms with Gasteiger partial charge in [-0.15, -0.1) is 0 Å². The van der Waals surface area contributed by atoms with Gasteiger partial charge in [-0.1, -0.05) is 44.2 Å². The fraction of sp³-hybridized carbons (Fsp3) is 0.316. The molecule has 1 aliphatic heterocycles. The number of hydrogen-bond donors (Lipinski definition) is 2. The van der Waals surface area contributed by atoms with Crippen LogP contribution in [0.1, 0.15) is 20.3 Å². The molecule has 1 fully saturated rings. The molecular weight excluding hydrogens is 318 g/mol. The summed E-state index contributed by atoms with van der Waals surface area (Å²) >= 11 is 0. The summed E-state index contributed by atoms with van der Waals surface area (Å²) in [4.78, 5) is 37.4. The third-order valence-corrected chi connectivity index (χ3v) is 4.15. The maximum Gasteiger partial charge on any atom is 0.325 e. The van der Waals surface area contributed by atoms with Crippen LogP contribution in [0.4, 0.5) is 10.5 Å². The van der Waals surface area contributed by atoms with Gasteiger partial charge in [-0.05, 0) is 35.2 Å². The van der Waals surface area contributed by atoms with E-state index in [-0.39, 0.29) is 18.4 Å². The number of imide groups is 1. The minimum absolute atomic E-state index is 0.278. The van der Waals surface area contributed by atoms with Crippen molar-refractivity contribution in [1.82, 2.24) is 10.2 Å². The molecule has 0 aromatic heterocycles. The Morgan fingerprint density at radius 3 is 2.60 bits per heavy atom. The monoisotopic (exact) mass is 339 g/mol. The second kappa shape index (κ2) is 6.93. The highest BCUT2D eigenvalue weighted by Crippen LogP contribution is 2.19. The van der Waals surface area contributed by atoms with Crippen molar-refractivity contribution in [1.29, 1.82) is 0 Å². The summed E-state index contributed by atoms with van der Waals surface area (Å²) in [5.74, 6) is -0.461. The van der Waals surface area contributed by atoms with E-state index in [1.807, 2.05) is 50.2 Å². The summed E-state index contributed by atoms with van der Waals surface area (Å²) in [5, 5.41) is 7.46. The number of urea groups is 1. The van der Waals surface area contributed by atoms with Crippen LogP contribution in [0.25, 0.3) is 10.8 Å². The third kappa shape index (κ3) is 3.79. The molecule has 3 rings (SSSR count). The Morgan fingerprint density at radius 2 is 1.88 bits per heavy atom. The Labute approximate surface area is 146 Å². The zero-order chi connectivity index (χ0) is 18.0. The molecule has 6 heteroatoms. The van der Waals surface area contributed by atoms with Gasteiger partial charge in [-0.3, -0.25) is 14.5 Å². The fourth-order valence-corrected chi connectivity index (χ4v) is 2.97. The van der Waals surface area contributed by atoms with Crippen LogP contribution in [0, 0.1) is 5.92 Å². The van der Waals surface area contributed by atoms with Gasteiger partial charge >= 0.3 is 6.03 Å². The van der Waals surface area contributed by atoms with Crippen molar-refractivity contribution in [3.8, 4) is 0 Å². The van der Waals surface area contributed by atoms with E-state index >= 15 is 0 Å². The summed E-state index contributed by atoms with van der Waals surface area (Å²) in [6, 6.07) is 12.3. The van der Waals surface area contributed by atoms with Gasteiger partial charge in [0.25, 0.3) is 5.91 Å². The summed E-state index contributed by atoms with van der Waals surface area (Å²) in [6.07, 6.45) is 0.563. The van der Waals surface area contributed by atoms with E-state index in [0.717, 1.165) is 15.7 Å². The molecule has 1 heterocycles. The normalized spacial score (nSPS) is 17.2. The van der Waals surface area contributed by atoms with Crippen LogP contribution in [0.5, 0.6) is 0 Å². The lowest BCUT2D eigenvalue weighted by Crippen LogP contribution is -2.38. The predicted molar refractivity (Wildman–Crippen MR) is 96.1 cm³/mol. The van der Waals surface area contributed by atoms with E-state index in [1.165, 1.54) is 0 Å². The number of carbonyl (C=O) groups is 3. The first kappa shape index (κ1) is 17.0. The number of nitrogens with one attached hydrogen (secondary N) is 2. The van der Waals surface area contributed by atoms with Crippen molar-refractivity contribution in [2.75, 3.05) is 11.9 Å². The van der Waals surface area contributed by atoms with Gasteiger partial charge in [0.05, 0.1) is 0 Å². The van der Waals surface area contributed by atoms with Crippen molar-refractivity contribution >= 4 is 34.3 Å². The Kier molecular flexibility index (Phi) is 4.70. The molecule has 0 saturated carbocycles. The number of nitrogens with zero attached hydrogens (tertiary/aromatic N) is 1. The minimum Gasteiger partial charge on any atom is -0.326 e. The lowest BCUT2D eigenvalue weighted by molar-refractivity contribution is -0.131. The van der Waals surface area contributed by atoms with Gasteiger partial charge < -0.3 is 10.6 Å². The maximum absolute atomic E-state index is 12.3. The summed E-state index contributed by atoms with van der Waals surface area (Å²) in [6.45, 7) is 3.68. The molecule has 130 valence electrons. The molecule has 1 aliphatic rings.